The van der Waals surface area contributed by atoms with Crippen LogP contribution in [0.1, 0.15) is 10.6 Å². The van der Waals surface area contributed by atoms with Crippen LogP contribution in [0.5, 0.6) is 0 Å². The van der Waals surface area contributed by atoms with Crippen LogP contribution in [0.25, 0.3) is 11.3 Å². The number of aromatic nitrogens is 1. The number of hydrogen-bond acceptors (Lipinski definition) is 3. The molecule has 0 aliphatic carbocycles. The predicted molar refractivity (Wildman–Crippen MR) is 93.8 cm³/mol. The zero-order chi connectivity index (χ0) is 14.7. The highest BCUT2D eigenvalue weighted by Crippen LogP contribution is 2.24. The van der Waals surface area contributed by atoms with Crippen molar-refractivity contribution in [3.63, 3.8) is 0 Å². The first-order valence-corrected chi connectivity index (χ1v) is 8.39. The van der Waals surface area contributed by atoms with Gasteiger partial charge in [-0.2, -0.15) is 0 Å². The molecule has 1 aromatic heterocycles. The van der Waals surface area contributed by atoms with Gasteiger partial charge in [0.1, 0.15) is 0 Å². The lowest BCUT2D eigenvalue weighted by Crippen LogP contribution is -1.99. The van der Waals surface area contributed by atoms with Crippen molar-refractivity contribution < 1.29 is 0 Å². The average Bonchev–Trinajstić information content (AvgIpc) is 2.94. The van der Waals surface area contributed by atoms with E-state index in [0.29, 0.717) is 0 Å². The lowest BCUT2D eigenvalue weighted by molar-refractivity contribution is 1.14. The molecule has 4 heteroatoms. The SMILES string of the molecule is Cc1nc(-c2ccc(NCc3ccccc3Br)cc2)cs1. The molecule has 3 aromatic rings. The van der Waals surface area contributed by atoms with E-state index < -0.39 is 0 Å². The average molecular weight is 359 g/mol. The molecule has 1 N–H and O–H groups in total. The lowest BCUT2D eigenvalue weighted by Gasteiger charge is -2.08. The van der Waals surface area contributed by atoms with Crippen LogP contribution in [-0.2, 0) is 6.54 Å². The Kier molecular flexibility index (Phi) is 4.36. The van der Waals surface area contributed by atoms with Gasteiger partial charge in [0, 0.05) is 27.6 Å². The number of halogens is 1. The summed E-state index contributed by atoms with van der Waals surface area (Å²) in [5.41, 5.74) is 4.57. The van der Waals surface area contributed by atoms with Gasteiger partial charge in [-0.15, -0.1) is 11.3 Å². The Morgan fingerprint density at radius 3 is 2.52 bits per heavy atom. The van der Waals surface area contributed by atoms with E-state index in [0.717, 1.165) is 33.0 Å². The third kappa shape index (κ3) is 3.52. The number of anilines is 1. The maximum atomic E-state index is 4.51. The zero-order valence-corrected chi connectivity index (χ0v) is 14.0. The zero-order valence-electron chi connectivity index (χ0n) is 11.6. The molecule has 1 heterocycles. The standard InChI is InChI=1S/C17H15BrN2S/c1-12-20-17(11-21-12)13-6-8-15(9-7-13)19-10-14-4-2-3-5-16(14)18/h2-9,11,19H,10H2,1H3. The van der Waals surface area contributed by atoms with E-state index in [-0.39, 0.29) is 0 Å². The maximum Gasteiger partial charge on any atom is 0.0901 e. The highest BCUT2D eigenvalue weighted by molar-refractivity contribution is 9.10. The summed E-state index contributed by atoms with van der Waals surface area (Å²) in [6.07, 6.45) is 0. The van der Waals surface area contributed by atoms with Gasteiger partial charge in [0.25, 0.3) is 0 Å². The Labute approximate surface area is 137 Å². The number of nitrogens with zero attached hydrogens (tertiary/aromatic N) is 1. The van der Waals surface area contributed by atoms with Crippen molar-refractivity contribution in [2.45, 2.75) is 13.5 Å². The summed E-state index contributed by atoms with van der Waals surface area (Å²) in [4.78, 5) is 4.51. The largest absolute Gasteiger partial charge is 0.381 e. The minimum atomic E-state index is 0.802. The van der Waals surface area contributed by atoms with E-state index >= 15 is 0 Å². The van der Waals surface area contributed by atoms with Gasteiger partial charge in [-0.25, -0.2) is 4.98 Å². The molecule has 0 spiro atoms. The molecule has 21 heavy (non-hydrogen) atoms. The van der Waals surface area contributed by atoms with Crippen LogP contribution in [-0.4, -0.2) is 4.98 Å². The summed E-state index contributed by atoms with van der Waals surface area (Å²) in [5, 5.41) is 6.63. The molecule has 2 aromatic carbocycles. The first-order valence-electron chi connectivity index (χ1n) is 6.72. The maximum absolute atomic E-state index is 4.51. The molecule has 0 atom stereocenters. The van der Waals surface area contributed by atoms with E-state index in [4.69, 9.17) is 0 Å². The molecule has 0 fully saturated rings. The predicted octanol–water partition coefficient (Wildman–Crippen LogP) is 5.49. The minimum absolute atomic E-state index is 0.802. The van der Waals surface area contributed by atoms with Gasteiger partial charge in [-0.05, 0) is 30.7 Å². The van der Waals surface area contributed by atoms with Crippen molar-refractivity contribution >= 4 is 33.0 Å². The number of rotatable bonds is 4. The molecular weight excluding hydrogens is 344 g/mol. The second-order valence-corrected chi connectivity index (χ2v) is 6.69. The Balaban J connectivity index is 1.69. The molecule has 106 valence electrons. The monoisotopic (exact) mass is 358 g/mol. The van der Waals surface area contributed by atoms with Crippen molar-refractivity contribution in [2.24, 2.45) is 0 Å². The fourth-order valence-corrected chi connectivity index (χ4v) is 3.14. The molecule has 0 aliphatic rings. The second kappa shape index (κ2) is 6.41. The van der Waals surface area contributed by atoms with Crippen LogP contribution < -0.4 is 5.32 Å². The van der Waals surface area contributed by atoms with Gasteiger partial charge in [0.2, 0.25) is 0 Å². The van der Waals surface area contributed by atoms with Crippen molar-refractivity contribution in [1.82, 2.24) is 4.98 Å². The molecule has 0 aliphatic heterocycles. The van der Waals surface area contributed by atoms with Gasteiger partial charge in [-0.1, -0.05) is 46.3 Å². The van der Waals surface area contributed by atoms with Gasteiger partial charge >= 0.3 is 0 Å². The van der Waals surface area contributed by atoms with E-state index in [9.17, 15) is 0 Å². The lowest BCUT2D eigenvalue weighted by atomic mass is 10.1. The third-order valence-electron chi connectivity index (χ3n) is 3.24. The topological polar surface area (TPSA) is 24.9 Å². The van der Waals surface area contributed by atoms with E-state index in [1.165, 1.54) is 5.56 Å². The highest BCUT2D eigenvalue weighted by Gasteiger charge is 2.02. The fraction of sp³-hybridized carbons (Fsp3) is 0.118. The first kappa shape index (κ1) is 14.3. The molecule has 0 amide bonds. The third-order valence-corrected chi connectivity index (χ3v) is 4.79. The van der Waals surface area contributed by atoms with Crippen LogP contribution in [0.3, 0.4) is 0 Å². The van der Waals surface area contributed by atoms with Crippen LogP contribution >= 0.6 is 27.3 Å². The Morgan fingerprint density at radius 2 is 1.86 bits per heavy atom. The normalized spacial score (nSPS) is 10.6. The summed E-state index contributed by atoms with van der Waals surface area (Å²) in [7, 11) is 0. The number of aryl methyl sites for hydroxylation is 1. The van der Waals surface area contributed by atoms with E-state index in [1.54, 1.807) is 11.3 Å². The smallest absolute Gasteiger partial charge is 0.0901 e. The van der Waals surface area contributed by atoms with Crippen molar-refractivity contribution in [3.05, 3.63) is 69.0 Å². The van der Waals surface area contributed by atoms with Gasteiger partial charge < -0.3 is 5.32 Å². The summed E-state index contributed by atoms with van der Waals surface area (Å²) in [5.74, 6) is 0. The number of hydrogen-bond donors (Lipinski definition) is 1. The minimum Gasteiger partial charge on any atom is -0.381 e. The van der Waals surface area contributed by atoms with E-state index in [2.05, 4.69) is 74.1 Å². The highest BCUT2D eigenvalue weighted by atomic mass is 79.9. The van der Waals surface area contributed by atoms with Gasteiger partial charge in [0.15, 0.2) is 0 Å². The first-order chi connectivity index (χ1) is 10.2. The van der Waals surface area contributed by atoms with Crippen molar-refractivity contribution in [3.8, 4) is 11.3 Å². The molecule has 3 rings (SSSR count). The molecule has 0 saturated heterocycles. The second-order valence-electron chi connectivity index (χ2n) is 4.77. The van der Waals surface area contributed by atoms with Gasteiger partial charge in [0.05, 0.1) is 10.7 Å². The van der Waals surface area contributed by atoms with Crippen molar-refractivity contribution in [2.75, 3.05) is 5.32 Å². The number of nitrogens with one attached hydrogen (secondary N) is 1. The summed E-state index contributed by atoms with van der Waals surface area (Å²) in [6.45, 7) is 2.83. The van der Waals surface area contributed by atoms with Crippen LogP contribution in [0.4, 0.5) is 5.69 Å². The Bertz CT molecular complexity index is 735. The van der Waals surface area contributed by atoms with Gasteiger partial charge in [-0.3, -0.25) is 0 Å². The van der Waals surface area contributed by atoms with E-state index in [1.807, 2.05) is 13.0 Å². The Morgan fingerprint density at radius 1 is 1.10 bits per heavy atom. The van der Waals surface area contributed by atoms with Crippen LogP contribution in [0.2, 0.25) is 0 Å². The molecule has 2 nitrogen and oxygen atoms in total. The summed E-state index contributed by atoms with van der Waals surface area (Å²) in [6, 6.07) is 16.7. The molecule has 0 saturated carbocycles. The molecule has 0 bridgehead atoms. The fourth-order valence-electron chi connectivity index (χ4n) is 2.09. The molecular formula is C17H15BrN2S. The quantitative estimate of drug-likeness (QED) is 0.666. The molecule has 0 unspecified atom stereocenters. The molecule has 0 radical (unpaired) electrons. The van der Waals surface area contributed by atoms with Crippen LogP contribution in [0.15, 0.2) is 58.4 Å². The number of thiazole rings is 1. The summed E-state index contributed by atoms with van der Waals surface area (Å²) < 4.78 is 1.13. The van der Waals surface area contributed by atoms with Crippen molar-refractivity contribution in [1.29, 1.82) is 0 Å². The Hall–Kier alpha value is -1.65. The van der Waals surface area contributed by atoms with Crippen LogP contribution in [0, 0.1) is 6.92 Å². The summed E-state index contributed by atoms with van der Waals surface area (Å²) >= 11 is 5.25. The number of benzene rings is 2.